The van der Waals surface area contributed by atoms with Gasteiger partial charge in [0.1, 0.15) is 0 Å². The first kappa shape index (κ1) is 10.1. The zero-order chi connectivity index (χ0) is 8.69. The molecule has 2 atom stereocenters. The standard InChI is InChI=1S/C11H16/c1-5-7-9-11(4)10(3)8-6-2/h10-11H,9H2,1-4H3. The maximum absolute atomic E-state index is 3.14. The van der Waals surface area contributed by atoms with Crippen LogP contribution in [0.3, 0.4) is 0 Å². The normalized spacial score (nSPS) is 13.5. The largest absolute Gasteiger partial charge is 0.107 e. The average Bonchev–Trinajstić information content (AvgIpc) is 2.00. The first-order valence-electron chi connectivity index (χ1n) is 4.04. The van der Waals surface area contributed by atoms with E-state index in [0.29, 0.717) is 11.8 Å². The third kappa shape index (κ3) is 4.51. The predicted molar refractivity (Wildman–Crippen MR) is 49.8 cm³/mol. The molecule has 0 N–H and O–H groups in total. The van der Waals surface area contributed by atoms with Crippen LogP contribution in [0, 0.1) is 35.5 Å². The van der Waals surface area contributed by atoms with Crippen molar-refractivity contribution in [3.8, 4) is 23.7 Å². The highest BCUT2D eigenvalue weighted by Crippen LogP contribution is 2.12. The molecule has 0 aliphatic heterocycles. The van der Waals surface area contributed by atoms with Gasteiger partial charge in [-0.1, -0.05) is 13.8 Å². The Hall–Kier alpha value is -0.880. The Balaban J connectivity index is 3.85. The highest BCUT2D eigenvalue weighted by molar-refractivity contribution is 5.04. The third-order valence-electron chi connectivity index (χ3n) is 1.83. The van der Waals surface area contributed by atoms with Gasteiger partial charge in [-0.15, -0.1) is 23.7 Å². The summed E-state index contributed by atoms with van der Waals surface area (Å²) in [6.45, 7) is 8.11. The van der Waals surface area contributed by atoms with E-state index in [9.17, 15) is 0 Å². The van der Waals surface area contributed by atoms with Gasteiger partial charge in [0.05, 0.1) is 0 Å². The highest BCUT2D eigenvalue weighted by atomic mass is 14.1. The molecule has 0 saturated heterocycles. The Morgan fingerprint density at radius 3 is 2.18 bits per heavy atom. The minimum absolute atomic E-state index is 0.473. The third-order valence-corrected chi connectivity index (χ3v) is 1.83. The van der Waals surface area contributed by atoms with Crippen molar-refractivity contribution in [1.29, 1.82) is 0 Å². The summed E-state index contributed by atoms with van der Waals surface area (Å²) >= 11 is 0. The van der Waals surface area contributed by atoms with Crippen molar-refractivity contribution in [3.63, 3.8) is 0 Å². The Morgan fingerprint density at radius 2 is 1.73 bits per heavy atom. The molecule has 0 aromatic carbocycles. The molecule has 0 saturated carbocycles. The van der Waals surface area contributed by atoms with E-state index in [2.05, 4.69) is 37.5 Å². The van der Waals surface area contributed by atoms with E-state index in [1.807, 2.05) is 13.8 Å². The molecule has 60 valence electrons. The van der Waals surface area contributed by atoms with Gasteiger partial charge in [0.25, 0.3) is 0 Å². The molecule has 0 amide bonds. The van der Waals surface area contributed by atoms with Gasteiger partial charge in [-0.05, 0) is 19.8 Å². The monoisotopic (exact) mass is 148 g/mol. The second-order valence-corrected chi connectivity index (χ2v) is 2.79. The molecule has 11 heavy (non-hydrogen) atoms. The number of hydrogen-bond donors (Lipinski definition) is 0. The zero-order valence-corrected chi connectivity index (χ0v) is 7.86. The molecule has 0 heteroatoms. The Morgan fingerprint density at radius 1 is 1.09 bits per heavy atom. The molecule has 0 heterocycles. The lowest BCUT2D eigenvalue weighted by molar-refractivity contribution is 0.485. The highest BCUT2D eigenvalue weighted by Gasteiger charge is 2.06. The molecule has 0 aliphatic carbocycles. The fourth-order valence-electron chi connectivity index (χ4n) is 0.810. The molecule has 0 radical (unpaired) electrons. The summed E-state index contributed by atoms with van der Waals surface area (Å²) in [4.78, 5) is 0. The van der Waals surface area contributed by atoms with Crippen molar-refractivity contribution in [1.82, 2.24) is 0 Å². The van der Waals surface area contributed by atoms with Crippen LogP contribution in [0.5, 0.6) is 0 Å². The summed E-state index contributed by atoms with van der Waals surface area (Å²) in [7, 11) is 0. The van der Waals surface area contributed by atoms with Gasteiger partial charge in [-0.2, -0.15) is 0 Å². The summed E-state index contributed by atoms with van der Waals surface area (Å²) in [6.07, 6.45) is 0.965. The molecule has 0 aromatic heterocycles. The molecule has 2 unspecified atom stereocenters. The van der Waals surface area contributed by atoms with Crippen molar-refractivity contribution in [2.24, 2.45) is 11.8 Å². The van der Waals surface area contributed by atoms with Gasteiger partial charge >= 0.3 is 0 Å². The fourth-order valence-corrected chi connectivity index (χ4v) is 0.810. The van der Waals surface area contributed by atoms with Crippen molar-refractivity contribution in [3.05, 3.63) is 0 Å². The summed E-state index contributed by atoms with van der Waals surface area (Å²) in [5.41, 5.74) is 0. The number of hydrogen-bond acceptors (Lipinski definition) is 0. The van der Waals surface area contributed by atoms with Crippen LogP contribution in [-0.4, -0.2) is 0 Å². The van der Waals surface area contributed by atoms with Crippen LogP contribution in [0.1, 0.15) is 34.1 Å². The average molecular weight is 148 g/mol. The molecule has 0 fully saturated rings. The van der Waals surface area contributed by atoms with Gasteiger partial charge in [0.2, 0.25) is 0 Å². The first-order valence-corrected chi connectivity index (χ1v) is 4.04. The van der Waals surface area contributed by atoms with Gasteiger partial charge in [-0.3, -0.25) is 0 Å². The second kappa shape index (κ2) is 5.87. The Labute approximate surface area is 70.4 Å². The van der Waals surface area contributed by atoms with Crippen LogP contribution in [-0.2, 0) is 0 Å². The molecular formula is C11H16. The van der Waals surface area contributed by atoms with E-state index in [-0.39, 0.29) is 0 Å². The molecule has 0 bridgehead atoms. The molecule has 0 nitrogen and oxygen atoms in total. The molecule has 0 spiro atoms. The lowest BCUT2D eigenvalue weighted by Gasteiger charge is -2.10. The van der Waals surface area contributed by atoms with Crippen LogP contribution in [0.15, 0.2) is 0 Å². The van der Waals surface area contributed by atoms with E-state index in [1.54, 1.807) is 0 Å². The van der Waals surface area contributed by atoms with Crippen molar-refractivity contribution in [2.75, 3.05) is 0 Å². The summed E-state index contributed by atoms with van der Waals surface area (Å²) in [6, 6.07) is 0. The van der Waals surface area contributed by atoms with Gasteiger partial charge in [-0.25, -0.2) is 0 Å². The summed E-state index contributed by atoms with van der Waals surface area (Å²) in [5.74, 6) is 13.1. The van der Waals surface area contributed by atoms with Crippen molar-refractivity contribution >= 4 is 0 Å². The number of rotatable bonds is 2. The smallest absolute Gasteiger partial charge is 0.0209 e. The SMILES string of the molecule is CC#CCC(C)C(C)C#CC. The van der Waals surface area contributed by atoms with E-state index in [4.69, 9.17) is 0 Å². The minimum Gasteiger partial charge on any atom is -0.107 e. The van der Waals surface area contributed by atoms with E-state index in [1.165, 1.54) is 0 Å². The lowest BCUT2D eigenvalue weighted by Crippen LogP contribution is -2.04. The minimum atomic E-state index is 0.473. The van der Waals surface area contributed by atoms with Gasteiger partial charge in [0.15, 0.2) is 0 Å². The topological polar surface area (TPSA) is 0 Å². The lowest BCUT2D eigenvalue weighted by atomic mass is 9.94. The first-order chi connectivity index (χ1) is 5.22. The summed E-state index contributed by atoms with van der Waals surface area (Å²) < 4.78 is 0. The molecule has 0 rings (SSSR count). The van der Waals surface area contributed by atoms with E-state index >= 15 is 0 Å². The van der Waals surface area contributed by atoms with Crippen LogP contribution in [0.25, 0.3) is 0 Å². The zero-order valence-electron chi connectivity index (χ0n) is 7.86. The Kier molecular flexibility index (Phi) is 5.40. The van der Waals surface area contributed by atoms with E-state index in [0.717, 1.165) is 6.42 Å². The summed E-state index contributed by atoms with van der Waals surface area (Å²) in [5, 5.41) is 0. The maximum Gasteiger partial charge on any atom is 0.0209 e. The molecule has 0 aromatic rings. The van der Waals surface area contributed by atoms with Crippen molar-refractivity contribution < 1.29 is 0 Å². The van der Waals surface area contributed by atoms with Crippen LogP contribution in [0.4, 0.5) is 0 Å². The second-order valence-electron chi connectivity index (χ2n) is 2.79. The van der Waals surface area contributed by atoms with Crippen LogP contribution in [0.2, 0.25) is 0 Å². The van der Waals surface area contributed by atoms with Gasteiger partial charge < -0.3 is 0 Å². The van der Waals surface area contributed by atoms with Crippen LogP contribution >= 0.6 is 0 Å². The predicted octanol–water partition coefficient (Wildman–Crippen LogP) is 2.70. The molecule has 0 aliphatic rings. The Bertz CT molecular complexity index is 204. The van der Waals surface area contributed by atoms with Gasteiger partial charge in [0, 0.05) is 12.3 Å². The molecular weight excluding hydrogens is 132 g/mol. The van der Waals surface area contributed by atoms with E-state index < -0.39 is 0 Å². The maximum atomic E-state index is 3.14. The fraction of sp³-hybridized carbons (Fsp3) is 0.636. The quantitative estimate of drug-likeness (QED) is 0.528. The van der Waals surface area contributed by atoms with Crippen molar-refractivity contribution in [2.45, 2.75) is 34.1 Å². The van der Waals surface area contributed by atoms with Crippen LogP contribution < -0.4 is 0 Å².